The van der Waals surface area contributed by atoms with Crippen molar-refractivity contribution in [1.29, 1.82) is 0 Å². The molecule has 0 spiro atoms. The molecule has 2 N–H and O–H groups in total. The van der Waals surface area contributed by atoms with Crippen LogP contribution in [0.25, 0.3) is 22.3 Å². The number of thioether (sulfide) groups is 1. The number of nitro groups is 1. The number of nitrogens with zero attached hydrogens (tertiary/aromatic N) is 4. The van der Waals surface area contributed by atoms with Gasteiger partial charge in [0.25, 0.3) is 5.69 Å². The van der Waals surface area contributed by atoms with Crippen LogP contribution in [-0.4, -0.2) is 48.0 Å². The van der Waals surface area contributed by atoms with Crippen LogP contribution in [0, 0.1) is 10.1 Å². The van der Waals surface area contributed by atoms with Gasteiger partial charge in [-0.1, -0.05) is 54.1 Å². The second-order valence-corrected chi connectivity index (χ2v) is 15.0. The monoisotopic (exact) mass is 746 g/mol. The number of aryl methyl sites for hydroxylation is 1. The minimum Gasteiger partial charge on any atom is -0.379 e. The summed E-state index contributed by atoms with van der Waals surface area (Å²) in [6, 6.07) is 40.7. The normalized spacial score (nSPS) is 12.9. The van der Waals surface area contributed by atoms with E-state index in [0.717, 1.165) is 53.1 Å². The van der Waals surface area contributed by atoms with Crippen LogP contribution in [0.4, 0.5) is 28.4 Å². The lowest BCUT2D eigenvalue weighted by Gasteiger charge is -2.37. The lowest BCUT2D eigenvalue weighted by atomic mass is 9.98. The molecule has 2 heterocycles. The number of rotatable bonds is 13. The lowest BCUT2D eigenvalue weighted by molar-refractivity contribution is -0.384. The molecule has 0 radical (unpaired) electrons. The third kappa shape index (κ3) is 8.70. The van der Waals surface area contributed by atoms with Crippen molar-refractivity contribution in [2.75, 3.05) is 58.3 Å². The first-order valence-electron chi connectivity index (χ1n) is 17.1. The Kier molecular flexibility index (Phi) is 11.3. The Balaban J connectivity index is 0.919. The maximum atomic E-state index is 11.9. The summed E-state index contributed by atoms with van der Waals surface area (Å²) in [5.74, 6) is 0.806. The Morgan fingerprint density at radius 1 is 0.731 bits per heavy atom. The molecule has 0 saturated carbocycles. The molecule has 1 aliphatic rings. The summed E-state index contributed by atoms with van der Waals surface area (Å²) in [6.07, 6.45) is 4.35. The van der Waals surface area contributed by atoms with Gasteiger partial charge < -0.3 is 24.4 Å². The zero-order valence-corrected chi connectivity index (χ0v) is 31.1. The van der Waals surface area contributed by atoms with E-state index >= 15 is 0 Å². The highest BCUT2D eigenvalue weighted by Crippen LogP contribution is 2.36. The van der Waals surface area contributed by atoms with Gasteiger partial charge in [-0.15, -0.1) is 11.8 Å². The van der Waals surface area contributed by atoms with Gasteiger partial charge in [-0.25, -0.2) is 0 Å². The van der Waals surface area contributed by atoms with Crippen LogP contribution in [-0.2, 0) is 7.05 Å². The fourth-order valence-corrected chi connectivity index (χ4v) is 7.96. The van der Waals surface area contributed by atoms with Crippen molar-refractivity contribution >= 4 is 63.7 Å². The standard InChI is InChI=1S/C41H39ClN6O2S2/c1-45-28-38(30-10-12-32(42)13-11-30)39(29-45)31-6-5-7-35(26-31)47-23-21-46(22-24-47)34-16-14-33(15-17-34)44-52-37-18-19-40(41(27-37)48(49)50)43-20-25-51-36-8-3-2-4-9-36/h2-19,26-29,43-44H,20-25H2,1H3. The quantitative estimate of drug-likeness (QED) is 0.0398. The van der Waals surface area contributed by atoms with Crippen LogP contribution < -0.4 is 19.8 Å². The molecule has 0 atom stereocenters. The molecule has 0 unspecified atom stereocenters. The summed E-state index contributed by atoms with van der Waals surface area (Å²) in [5.41, 5.74) is 8.67. The van der Waals surface area contributed by atoms with Crippen LogP contribution >= 0.6 is 35.3 Å². The van der Waals surface area contributed by atoms with Crippen LogP contribution in [0.5, 0.6) is 0 Å². The highest BCUT2D eigenvalue weighted by molar-refractivity contribution is 8.00. The number of nitro benzene ring substituents is 1. The molecule has 7 rings (SSSR count). The van der Waals surface area contributed by atoms with Crippen molar-refractivity contribution < 1.29 is 4.92 Å². The SMILES string of the molecule is Cn1cc(-c2ccc(Cl)cc2)c(-c2cccc(N3CCN(c4ccc(NSc5ccc(NCCSc6ccccc6)c([N+](=O)[O-])c5)cc4)CC3)c2)c1. The zero-order valence-electron chi connectivity index (χ0n) is 28.7. The number of benzene rings is 5. The fraction of sp³-hybridized carbons (Fsp3) is 0.171. The molecule has 0 amide bonds. The molecule has 1 saturated heterocycles. The molecule has 6 aromatic rings. The third-order valence-electron chi connectivity index (χ3n) is 9.03. The van der Waals surface area contributed by atoms with Crippen LogP contribution in [0.15, 0.2) is 144 Å². The molecular formula is C41H39ClN6O2S2. The Hall–Kier alpha value is -5.03. The summed E-state index contributed by atoms with van der Waals surface area (Å²) in [6.45, 7) is 4.31. The van der Waals surface area contributed by atoms with Crippen molar-refractivity contribution in [3.8, 4) is 22.3 Å². The van der Waals surface area contributed by atoms with E-state index in [1.165, 1.54) is 44.9 Å². The number of nitrogens with one attached hydrogen (secondary N) is 2. The number of hydrogen-bond donors (Lipinski definition) is 2. The van der Waals surface area contributed by atoms with E-state index in [0.29, 0.717) is 12.2 Å². The number of piperazine rings is 1. The molecule has 1 aliphatic heterocycles. The molecule has 0 aliphatic carbocycles. The van der Waals surface area contributed by atoms with Crippen molar-refractivity contribution in [3.63, 3.8) is 0 Å². The Morgan fingerprint density at radius 3 is 2.13 bits per heavy atom. The van der Waals surface area contributed by atoms with Gasteiger partial charge >= 0.3 is 0 Å². The van der Waals surface area contributed by atoms with Crippen molar-refractivity contribution in [2.45, 2.75) is 9.79 Å². The largest absolute Gasteiger partial charge is 0.379 e. The van der Waals surface area contributed by atoms with E-state index in [2.05, 4.69) is 117 Å². The maximum absolute atomic E-state index is 11.9. The molecule has 5 aromatic carbocycles. The fourth-order valence-electron chi connectivity index (χ4n) is 6.37. The van der Waals surface area contributed by atoms with E-state index in [9.17, 15) is 10.1 Å². The highest BCUT2D eigenvalue weighted by Gasteiger charge is 2.20. The van der Waals surface area contributed by atoms with Gasteiger partial charge in [0.2, 0.25) is 0 Å². The summed E-state index contributed by atoms with van der Waals surface area (Å²) >= 11 is 9.25. The first-order valence-corrected chi connectivity index (χ1v) is 19.3. The minimum atomic E-state index is -0.329. The van der Waals surface area contributed by atoms with E-state index in [4.69, 9.17) is 11.6 Å². The third-order valence-corrected chi connectivity index (χ3v) is 11.1. The summed E-state index contributed by atoms with van der Waals surface area (Å²) < 4.78 is 5.46. The van der Waals surface area contributed by atoms with E-state index in [1.54, 1.807) is 23.9 Å². The van der Waals surface area contributed by atoms with Gasteiger partial charge in [-0.05, 0) is 95.9 Å². The summed E-state index contributed by atoms with van der Waals surface area (Å²) in [4.78, 5) is 18.4. The van der Waals surface area contributed by atoms with Gasteiger partial charge in [0.05, 0.1) is 4.92 Å². The van der Waals surface area contributed by atoms with E-state index in [-0.39, 0.29) is 10.6 Å². The molecule has 0 bridgehead atoms. The van der Waals surface area contributed by atoms with Crippen LogP contribution in [0.1, 0.15) is 0 Å². The number of aromatic nitrogens is 1. The molecule has 1 fully saturated rings. The Bertz CT molecular complexity index is 2120. The minimum absolute atomic E-state index is 0.0699. The average Bonchev–Trinajstić information content (AvgIpc) is 3.58. The van der Waals surface area contributed by atoms with Crippen LogP contribution in [0.3, 0.4) is 0 Å². The molecule has 264 valence electrons. The molecule has 1 aromatic heterocycles. The Morgan fingerprint density at radius 2 is 1.42 bits per heavy atom. The maximum Gasteiger partial charge on any atom is 0.293 e. The van der Waals surface area contributed by atoms with Crippen LogP contribution in [0.2, 0.25) is 5.02 Å². The predicted molar refractivity (Wildman–Crippen MR) is 220 cm³/mol. The van der Waals surface area contributed by atoms with Crippen molar-refractivity contribution in [1.82, 2.24) is 4.57 Å². The lowest BCUT2D eigenvalue weighted by Crippen LogP contribution is -2.46. The number of hydrogen-bond acceptors (Lipinski definition) is 8. The Labute approximate surface area is 318 Å². The number of anilines is 4. The van der Waals surface area contributed by atoms with Gasteiger partial charge in [-0.2, -0.15) is 0 Å². The topological polar surface area (TPSA) is 78.6 Å². The van der Waals surface area contributed by atoms with Gasteiger partial charge in [-0.3, -0.25) is 10.1 Å². The zero-order chi connectivity index (χ0) is 35.9. The molecule has 52 heavy (non-hydrogen) atoms. The van der Waals surface area contributed by atoms with Crippen molar-refractivity contribution in [3.05, 3.63) is 149 Å². The number of halogens is 1. The van der Waals surface area contributed by atoms with E-state index in [1.807, 2.05) is 36.4 Å². The van der Waals surface area contributed by atoms with Gasteiger partial charge in [0, 0.05) is 107 Å². The van der Waals surface area contributed by atoms with Crippen molar-refractivity contribution in [2.24, 2.45) is 7.05 Å². The predicted octanol–water partition coefficient (Wildman–Crippen LogP) is 10.6. The highest BCUT2D eigenvalue weighted by atomic mass is 35.5. The molecule has 11 heteroatoms. The smallest absolute Gasteiger partial charge is 0.293 e. The first kappa shape index (κ1) is 35.4. The second kappa shape index (κ2) is 16.5. The molecule has 8 nitrogen and oxygen atoms in total. The second-order valence-electron chi connectivity index (χ2n) is 12.6. The van der Waals surface area contributed by atoms with E-state index < -0.39 is 0 Å². The van der Waals surface area contributed by atoms with Gasteiger partial charge in [0.1, 0.15) is 5.69 Å². The summed E-state index contributed by atoms with van der Waals surface area (Å²) in [5, 5.41) is 15.8. The first-order chi connectivity index (χ1) is 25.4. The average molecular weight is 747 g/mol. The van der Waals surface area contributed by atoms with Gasteiger partial charge in [0.15, 0.2) is 0 Å². The summed E-state index contributed by atoms with van der Waals surface area (Å²) in [7, 11) is 2.06. The molecular weight excluding hydrogens is 708 g/mol.